The summed E-state index contributed by atoms with van der Waals surface area (Å²) in [7, 11) is 1.17. The SMILES string of the molecule is COC(=O)[C@@H](C)NC(=O)[C@H](C)NC(=O)c1cccc(NC(=O)[C@H](C)NC(=O)[C@@H](C)NC(=O)[C@H](C)NC(=O)c2cccc(NC(=O)[C@H](C)NC(=O)[C@H](C)NC(=O)OC(C)(C)C)n2)n1. The van der Waals surface area contributed by atoms with Crippen molar-refractivity contribution >= 4 is 71.0 Å². The number of nitrogens with one attached hydrogen (secondary N) is 9. The Bertz CT molecular complexity index is 2020. The highest BCUT2D eigenvalue weighted by Crippen LogP contribution is 2.09. The normalized spacial score (nSPS) is 14.2. The zero-order valence-electron chi connectivity index (χ0n) is 36.3. The van der Waals surface area contributed by atoms with E-state index in [-0.39, 0.29) is 23.0 Å². The summed E-state index contributed by atoms with van der Waals surface area (Å²) in [4.78, 5) is 134. The van der Waals surface area contributed by atoms with Crippen LogP contribution in [0.1, 0.15) is 90.2 Å². The van der Waals surface area contributed by atoms with Crippen molar-refractivity contribution in [1.29, 1.82) is 0 Å². The summed E-state index contributed by atoms with van der Waals surface area (Å²) in [5.74, 6) is -6.55. The number of carbonyl (C=O) groups is 10. The highest BCUT2D eigenvalue weighted by atomic mass is 16.6. The molecule has 62 heavy (non-hydrogen) atoms. The second-order valence-corrected chi connectivity index (χ2v) is 15.0. The van der Waals surface area contributed by atoms with E-state index >= 15 is 0 Å². The van der Waals surface area contributed by atoms with E-state index in [9.17, 15) is 47.9 Å². The van der Waals surface area contributed by atoms with E-state index in [1.807, 2.05) is 0 Å². The van der Waals surface area contributed by atoms with Crippen LogP contribution in [0.2, 0.25) is 0 Å². The molecule has 0 fully saturated rings. The van der Waals surface area contributed by atoms with Crippen LogP contribution in [0.5, 0.6) is 0 Å². The first-order valence-corrected chi connectivity index (χ1v) is 19.3. The lowest BCUT2D eigenvalue weighted by atomic mass is 10.2. The highest BCUT2D eigenvalue weighted by molar-refractivity contribution is 6.01. The number of carbonyl (C=O) groups excluding carboxylic acids is 10. The fourth-order valence-electron chi connectivity index (χ4n) is 4.74. The minimum Gasteiger partial charge on any atom is -0.467 e. The summed E-state index contributed by atoms with van der Waals surface area (Å²) >= 11 is 0. The second kappa shape index (κ2) is 23.0. The van der Waals surface area contributed by atoms with E-state index < -0.39 is 107 Å². The van der Waals surface area contributed by atoms with Crippen molar-refractivity contribution in [3.05, 3.63) is 47.8 Å². The van der Waals surface area contributed by atoms with Crippen LogP contribution in [-0.4, -0.2) is 124 Å². The van der Waals surface area contributed by atoms with Crippen molar-refractivity contribution in [2.45, 2.75) is 117 Å². The minimum absolute atomic E-state index is 0.0430. The van der Waals surface area contributed by atoms with Crippen LogP contribution >= 0.6 is 0 Å². The Morgan fingerprint density at radius 2 is 0.790 bits per heavy atom. The van der Waals surface area contributed by atoms with Gasteiger partial charge in [0, 0.05) is 0 Å². The Morgan fingerprint density at radius 3 is 1.15 bits per heavy atom. The fourth-order valence-corrected chi connectivity index (χ4v) is 4.74. The van der Waals surface area contributed by atoms with Gasteiger partial charge in [0.15, 0.2) is 0 Å². The van der Waals surface area contributed by atoms with E-state index in [1.54, 1.807) is 20.8 Å². The highest BCUT2D eigenvalue weighted by Gasteiger charge is 2.27. The lowest BCUT2D eigenvalue weighted by Crippen LogP contribution is -2.54. The molecule has 0 saturated heterocycles. The second-order valence-electron chi connectivity index (χ2n) is 15.0. The first-order valence-electron chi connectivity index (χ1n) is 19.3. The van der Waals surface area contributed by atoms with Crippen molar-refractivity contribution in [3.8, 4) is 0 Å². The number of methoxy groups -OCH3 is 1. The number of hydrogen-bond donors (Lipinski definition) is 9. The summed E-state index contributed by atoms with van der Waals surface area (Å²) in [5.41, 5.74) is -1.11. The summed E-state index contributed by atoms with van der Waals surface area (Å²) < 4.78 is 9.68. The number of anilines is 2. The Balaban J connectivity index is 1.88. The first-order chi connectivity index (χ1) is 28.8. The minimum atomic E-state index is -1.18. The van der Waals surface area contributed by atoms with Crippen molar-refractivity contribution in [1.82, 2.24) is 47.2 Å². The van der Waals surface area contributed by atoms with Crippen molar-refractivity contribution in [2.24, 2.45) is 0 Å². The van der Waals surface area contributed by atoms with Gasteiger partial charge in [-0.05, 0) is 93.5 Å². The van der Waals surface area contributed by atoms with Gasteiger partial charge in [-0.3, -0.25) is 38.4 Å². The number of alkyl carbamates (subject to hydrolysis) is 1. The van der Waals surface area contributed by atoms with Crippen molar-refractivity contribution < 1.29 is 57.4 Å². The van der Waals surface area contributed by atoms with E-state index in [2.05, 4.69) is 62.6 Å². The van der Waals surface area contributed by atoms with E-state index in [1.165, 1.54) is 92.0 Å². The quantitative estimate of drug-likeness (QED) is 0.0845. The van der Waals surface area contributed by atoms with E-state index in [4.69, 9.17) is 4.74 Å². The predicted molar refractivity (Wildman–Crippen MR) is 221 cm³/mol. The van der Waals surface area contributed by atoms with Gasteiger partial charge in [0.05, 0.1) is 7.11 Å². The number of aromatic nitrogens is 2. The largest absolute Gasteiger partial charge is 0.467 e. The van der Waals surface area contributed by atoms with Crippen LogP contribution in [0, 0.1) is 0 Å². The monoisotopic (exact) mass is 869 g/mol. The fraction of sp³-hybridized carbons (Fsp3) is 0.487. The molecule has 0 saturated carbocycles. The maximum Gasteiger partial charge on any atom is 0.408 e. The molecule has 0 aromatic carbocycles. The summed E-state index contributed by atoms with van der Waals surface area (Å²) in [6.07, 6.45) is -0.812. The van der Waals surface area contributed by atoms with Gasteiger partial charge in [-0.2, -0.15) is 0 Å². The molecule has 9 amide bonds. The smallest absolute Gasteiger partial charge is 0.408 e. The number of amides is 9. The molecule has 338 valence electrons. The predicted octanol–water partition coefficient (Wildman–Crippen LogP) is -0.605. The topological polar surface area (TPSA) is 323 Å². The number of ether oxygens (including phenoxy) is 2. The number of esters is 1. The molecule has 0 spiro atoms. The van der Waals surface area contributed by atoms with Gasteiger partial charge in [0.1, 0.15) is 70.9 Å². The molecule has 9 N–H and O–H groups in total. The van der Waals surface area contributed by atoms with E-state index in [0.717, 1.165) is 0 Å². The van der Waals surface area contributed by atoms with Crippen LogP contribution in [-0.2, 0) is 43.0 Å². The molecule has 0 aliphatic heterocycles. The number of pyridine rings is 2. The molecule has 2 aromatic rings. The van der Waals surface area contributed by atoms with Crippen LogP contribution < -0.4 is 47.9 Å². The third-order valence-corrected chi connectivity index (χ3v) is 8.24. The molecular weight excluding hydrogens is 814 g/mol. The molecule has 0 bridgehead atoms. The number of nitrogens with zero attached hydrogens (tertiary/aromatic N) is 2. The Kier molecular flexibility index (Phi) is 18.9. The molecule has 2 aromatic heterocycles. The molecule has 2 rings (SSSR count). The van der Waals surface area contributed by atoms with Gasteiger partial charge in [-0.15, -0.1) is 0 Å². The van der Waals surface area contributed by atoms with Gasteiger partial charge in [0.25, 0.3) is 11.8 Å². The summed E-state index contributed by atoms with van der Waals surface area (Å²) in [6.45, 7) is 14.7. The molecule has 0 unspecified atom stereocenters. The molecule has 2 heterocycles. The average molecular weight is 870 g/mol. The van der Waals surface area contributed by atoms with Crippen LogP contribution in [0.25, 0.3) is 0 Å². The molecule has 23 nitrogen and oxygen atoms in total. The Morgan fingerprint density at radius 1 is 0.468 bits per heavy atom. The van der Waals surface area contributed by atoms with Gasteiger partial charge < -0.3 is 57.3 Å². The van der Waals surface area contributed by atoms with E-state index in [0.29, 0.717) is 0 Å². The molecular formula is C39H55N11O12. The third-order valence-electron chi connectivity index (χ3n) is 8.24. The van der Waals surface area contributed by atoms with Gasteiger partial charge in [-0.25, -0.2) is 19.6 Å². The van der Waals surface area contributed by atoms with Gasteiger partial charge in [-0.1, -0.05) is 12.1 Å². The standard InChI is InChI=1S/C39H55N11O12/c1-18(29(51)41-21(4)33(55)49-27-16-13-15-26(48-27)36(58)44-20(3)31(53)45-24(7)37(59)61-11)40-30(52)19(2)43-35(57)25-14-12-17-28(47-25)50-34(56)22(5)42-32(54)23(6)46-38(60)62-39(8,9)10/h12-24H,1-11H3,(H,40,52)(H,41,51)(H,42,54)(H,43,57)(H,44,58)(H,45,53)(H,46,60)(H,47,50,56)(H,48,49,55)/t18-,19+,20+,21+,22+,23+,24-/m1/s1. The molecule has 0 aliphatic carbocycles. The van der Waals surface area contributed by atoms with Gasteiger partial charge in [0.2, 0.25) is 35.4 Å². The first kappa shape index (κ1) is 50.9. The zero-order chi connectivity index (χ0) is 47.1. The summed E-state index contributed by atoms with van der Waals surface area (Å²) in [5, 5.41) is 21.9. The Hall–Kier alpha value is -7.20. The molecule has 7 atom stereocenters. The molecule has 0 radical (unpaired) electrons. The van der Waals surface area contributed by atoms with Crippen LogP contribution in [0.4, 0.5) is 16.4 Å². The molecule has 0 aliphatic rings. The lowest BCUT2D eigenvalue weighted by Gasteiger charge is -2.22. The average Bonchev–Trinajstić information content (AvgIpc) is 3.19. The van der Waals surface area contributed by atoms with Crippen LogP contribution in [0.15, 0.2) is 36.4 Å². The Labute approximate surface area is 357 Å². The lowest BCUT2D eigenvalue weighted by molar-refractivity contribution is -0.144. The van der Waals surface area contributed by atoms with Crippen LogP contribution in [0.3, 0.4) is 0 Å². The van der Waals surface area contributed by atoms with Crippen molar-refractivity contribution in [2.75, 3.05) is 17.7 Å². The summed E-state index contributed by atoms with van der Waals surface area (Å²) in [6, 6.07) is 0.673. The maximum absolute atomic E-state index is 13.0. The number of hydrogen-bond acceptors (Lipinski definition) is 14. The third kappa shape index (κ3) is 16.8. The number of rotatable bonds is 18. The van der Waals surface area contributed by atoms with Crippen molar-refractivity contribution in [3.63, 3.8) is 0 Å². The zero-order valence-corrected chi connectivity index (χ0v) is 36.3. The van der Waals surface area contributed by atoms with Gasteiger partial charge >= 0.3 is 12.1 Å². The molecule has 23 heteroatoms. The maximum atomic E-state index is 13.0.